The van der Waals surface area contributed by atoms with Crippen molar-refractivity contribution < 1.29 is 0 Å². The van der Waals surface area contributed by atoms with E-state index in [0.29, 0.717) is 0 Å². The van der Waals surface area contributed by atoms with E-state index >= 15 is 0 Å². The molecule has 3 nitrogen and oxygen atoms in total. The van der Waals surface area contributed by atoms with Crippen LogP contribution in [0.15, 0.2) is 89.4 Å². The summed E-state index contributed by atoms with van der Waals surface area (Å²) in [7, 11) is 0. The molecule has 0 spiro atoms. The molecule has 136 valence electrons. The van der Waals surface area contributed by atoms with E-state index in [-0.39, 0.29) is 15.0 Å². The fourth-order valence-corrected chi connectivity index (χ4v) is 6.14. The first-order valence-electron chi connectivity index (χ1n) is 8.72. The van der Waals surface area contributed by atoms with Gasteiger partial charge in [-0.3, -0.25) is 0 Å². The number of rotatable bonds is 4. The van der Waals surface area contributed by atoms with Crippen LogP contribution in [0.25, 0.3) is 21.5 Å². The zero-order valence-electron chi connectivity index (χ0n) is 14.6. The van der Waals surface area contributed by atoms with Crippen molar-refractivity contribution in [2.75, 3.05) is 4.90 Å². The number of nitrogens with zero attached hydrogens (tertiary/aromatic N) is 3. The molecular weight excluding hydrogens is 497 g/mol. The SMILES string of the molecule is Brc1ccc(-c2ccc(N(c3ccccc3)c3ccccc3)s2)c2n[se]nc12. The van der Waals surface area contributed by atoms with E-state index in [1.54, 1.807) is 11.3 Å². The number of aromatic nitrogens is 2. The fraction of sp³-hybridized carbons (Fsp3) is 0. The molecule has 6 heteroatoms. The number of anilines is 3. The van der Waals surface area contributed by atoms with Gasteiger partial charge in [0.15, 0.2) is 0 Å². The third-order valence-corrected chi connectivity index (χ3v) is 7.32. The molecule has 0 saturated carbocycles. The van der Waals surface area contributed by atoms with E-state index in [1.807, 2.05) is 12.1 Å². The van der Waals surface area contributed by atoms with Crippen molar-refractivity contribution in [1.29, 1.82) is 0 Å². The standard InChI is InChI=1S/C22H14BrN3SSe/c23-18-12-11-17(21-22(18)25-28-24-21)19-13-14-20(27-19)26(15-7-3-1-4-8-15)16-9-5-2-6-10-16/h1-14H. The molecule has 0 aliphatic heterocycles. The molecule has 2 aromatic heterocycles. The Hall–Kier alpha value is -2.24. The summed E-state index contributed by atoms with van der Waals surface area (Å²) in [4.78, 5) is 3.49. The van der Waals surface area contributed by atoms with E-state index in [1.165, 1.54) is 9.88 Å². The van der Waals surface area contributed by atoms with Crippen LogP contribution in [0.5, 0.6) is 0 Å². The van der Waals surface area contributed by atoms with Crippen LogP contribution < -0.4 is 4.90 Å². The Morgan fingerprint density at radius 1 is 0.714 bits per heavy atom. The molecule has 2 heterocycles. The van der Waals surface area contributed by atoms with Gasteiger partial charge in [0.25, 0.3) is 0 Å². The maximum absolute atomic E-state index is 4.67. The quantitative estimate of drug-likeness (QED) is 0.253. The van der Waals surface area contributed by atoms with Crippen LogP contribution >= 0.6 is 27.3 Å². The minimum atomic E-state index is -0.0544. The Balaban J connectivity index is 1.63. The summed E-state index contributed by atoms with van der Waals surface area (Å²) < 4.78 is 10.2. The number of benzene rings is 3. The second-order valence-corrected chi connectivity index (χ2v) is 9.23. The first kappa shape index (κ1) is 17.8. The summed E-state index contributed by atoms with van der Waals surface area (Å²) >= 11 is 5.31. The second kappa shape index (κ2) is 7.64. The van der Waals surface area contributed by atoms with Gasteiger partial charge in [0, 0.05) is 0 Å². The minimum absolute atomic E-state index is 0.0544. The summed E-state index contributed by atoms with van der Waals surface area (Å²) in [6.45, 7) is 0. The molecule has 0 N–H and O–H groups in total. The summed E-state index contributed by atoms with van der Waals surface area (Å²) in [5, 5.41) is 1.17. The number of hydrogen-bond acceptors (Lipinski definition) is 4. The summed E-state index contributed by atoms with van der Waals surface area (Å²) in [6, 6.07) is 29.5. The molecule has 0 aliphatic carbocycles. The van der Waals surface area contributed by atoms with E-state index in [2.05, 4.69) is 102 Å². The molecule has 0 bridgehead atoms. The molecule has 28 heavy (non-hydrogen) atoms. The molecule has 5 aromatic rings. The van der Waals surface area contributed by atoms with E-state index in [9.17, 15) is 0 Å². The molecular formula is C22H14BrN3SSe. The number of hydrogen-bond donors (Lipinski definition) is 0. The summed E-state index contributed by atoms with van der Waals surface area (Å²) in [6.07, 6.45) is 0. The van der Waals surface area contributed by atoms with Crippen molar-refractivity contribution in [3.63, 3.8) is 0 Å². The summed E-state index contributed by atoms with van der Waals surface area (Å²) in [5.41, 5.74) is 5.43. The molecule has 0 atom stereocenters. The van der Waals surface area contributed by atoms with Crippen LogP contribution in [0.4, 0.5) is 16.4 Å². The second-order valence-electron chi connectivity index (χ2n) is 6.20. The topological polar surface area (TPSA) is 29.0 Å². The molecule has 5 rings (SSSR count). The number of halogens is 1. The van der Waals surface area contributed by atoms with Crippen LogP contribution in [0.2, 0.25) is 0 Å². The van der Waals surface area contributed by atoms with Crippen LogP contribution in [0, 0.1) is 0 Å². The first-order chi connectivity index (χ1) is 13.8. The van der Waals surface area contributed by atoms with Gasteiger partial charge in [0.2, 0.25) is 0 Å². The van der Waals surface area contributed by atoms with Crippen LogP contribution in [0.1, 0.15) is 0 Å². The van der Waals surface area contributed by atoms with E-state index in [4.69, 9.17) is 0 Å². The molecule has 0 saturated heterocycles. The molecule has 0 aliphatic rings. The van der Waals surface area contributed by atoms with E-state index in [0.717, 1.165) is 32.4 Å². The normalized spacial score (nSPS) is 11.0. The van der Waals surface area contributed by atoms with Gasteiger partial charge >= 0.3 is 182 Å². The molecule has 0 radical (unpaired) electrons. The van der Waals surface area contributed by atoms with Crippen molar-refractivity contribution in [2.45, 2.75) is 0 Å². The Kier molecular flexibility index (Phi) is 4.87. The third kappa shape index (κ3) is 3.23. The van der Waals surface area contributed by atoms with Gasteiger partial charge in [0.1, 0.15) is 0 Å². The predicted octanol–water partition coefficient (Wildman–Crippen LogP) is 6.65. The molecule has 0 unspecified atom stereocenters. The van der Waals surface area contributed by atoms with Gasteiger partial charge in [-0.25, -0.2) is 0 Å². The van der Waals surface area contributed by atoms with Crippen molar-refractivity contribution in [3.8, 4) is 10.4 Å². The van der Waals surface area contributed by atoms with Crippen molar-refractivity contribution in [3.05, 3.63) is 89.4 Å². The zero-order chi connectivity index (χ0) is 18.9. The summed E-state index contributed by atoms with van der Waals surface area (Å²) in [5.74, 6) is 0. The van der Waals surface area contributed by atoms with E-state index < -0.39 is 0 Å². The van der Waals surface area contributed by atoms with Crippen molar-refractivity contribution in [1.82, 2.24) is 7.96 Å². The number of fused-ring (bicyclic) bond motifs is 1. The van der Waals surface area contributed by atoms with Gasteiger partial charge in [-0.2, -0.15) is 0 Å². The van der Waals surface area contributed by atoms with Crippen molar-refractivity contribution >= 4 is 69.6 Å². The molecule has 0 amide bonds. The number of para-hydroxylation sites is 2. The Morgan fingerprint density at radius 3 is 2.04 bits per heavy atom. The van der Waals surface area contributed by atoms with Crippen LogP contribution in [-0.4, -0.2) is 22.9 Å². The monoisotopic (exact) mass is 511 g/mol. The van der Waals surface area contributed by atoms with Gasteiger partial charge in [0.05, 0.1) is 0 Å². The predicted molar refractivity (Wildman–Crippen MR) is 122 cm³/mol. The van der Waals surface area contributed by atoms with Crippen LogP contribution in [-0.2, 0) is 0 Å². The van der Waals surface area contributed by atoms with Crippen molar-refractivity contribution in [2.24, 2.45) is 0 Å². The van der Waals surface area contributed by atoms with Gasteiger partial charge in [-0.1, -0.05) is 0 Å². The fourth-order valence-electron chi connectivity index (χ4n) is 3.19. The molecule has 3 aromatic carbocycles. The average molecular weight is 511 g/mol. The Labute approximate surface area is 181 Å². The van der Waals surface area contributed by atoms with Crippen LogP contribution in [0.3, 0.4) is 0 Å². The zero-order valence-corrected chi connectivity index (χ0v) is 18.7. The Morgan fingerprint density at radius 2 is 1.36 bits per heavy atom. The van der Waals surface area contributed by atoms with Gasteiger partial charge < -0.3 is 0 Å². The average Bonchev–Trinajstić information content (AvgIpc) is 3.41. The molecule has 0 fully saturated rings. The third-order valence-electron chi connectivity index (χ3n) is 4.47. The van der Waals surface area contributed by atoms with Gasteiger partial charge in [-0.15, -0.1) is 0 Å². The Bertz CT molecular complexity index is 1200. The van der Waals surface area contributed by atoms with Gasteiger partial charge in [-0.05, 0) is 0 Å². The maximum atomic E-state index is 4.67. The first-order valence-corrected chi connectivity index (χ1v) is 11.9. The number of thiophene rings is 1.